The van der Waals surface area contributed by atoms with Gasteiger partial charge in [0, 0.05) is 0 Å². The SMILES string of the molecule is Cc1ccc(F)cc1CC(C)(C)CCN. The zero-order chi connectivity index (χ0) is 11.5. The number of nitrogens with two attached hydrogens (primary N) is 1. The maximum Gasteiger partial charge on any atom is 0.123 e. The molecule has 2 heteroatoms. The highest BCUT2D eigenvalue weighted by atomic mass is 19.1. The minimum Gasteiger partial charge on any atom is -0.330 e. The second kappa shape index (κ2) is 4.75. The van der Waals surface area contributed by atoms with Gasteiger partial charge in [-0.15, -0.1) is 0 Å². The van der Waals surface area contributed by atoms with Crippen molar-refractivity contribution in [2.45, 2.75) is 33.6 Å². The summed E-state index contributed by atoms with van der Waals surface area (Å²) in [6.45, 7) is 7.04. The summed E-state index contributed by atoms with van der Waals surface area (Å²) in [5.41, 5.74) is 7.95. The Morgan fingerprint density at radius 2 is 2.00 bits per heavy atom. The van der Waals surface area contributed by atoms with Crippen molar-refractivity contribution < 1.29 is 4.39 Å². The first-order chi connectivity index (χ1) is 6.94. The minimum atomic E-state index is -0.154. The number of benzene rings is 1. The molecule has 0 aromatic heterocycles. The standard InChI is InChI=1S/C13H20FN/c1-10-4-5-12(14)8-11(10)9-13(2,3)6-7-15/h4-5,8H,6-7,9,15H2,1-3H3. The smallest absolute Gasteiger partial charge is 0.123 e. The Bertz CT molecular complexity index is 331. The molecule has 1 aromatic carbocycles. The fraction of sp³-hybridized carbons (Fsp3) is 0.538. The van der Waals surface area contributed by atoms with E-state index in [-0.39, 0.29) is 11.2 Å². The second-order valence-electron chi connectivity index (χ2n) is 4.95. The van der Waals surface area contributed by atoms with E-state index in [9.17, 15) is 4.39 Å². The van der Waals surface area contributed by atoms with E-state index in [1.165, 1.54) is 6.07 Å². The molecule has 0 spiro atoms. The maximum atomic E-state index is 13.1. The quantitative estimate of drug-likeness (QED) is 0.810. The zero-order valence-corrected chi connectivity index (χ0v) is 9.81. The molecular formula is C13H20FN. The third-order valence-electron chi connectivity index (χ3n) is 2.80. The number of hydrogen-bond donors (Lipinski definition) is 1. The van der Waals surface area contributed by atoms with Gasteiger partial charge in [0.15, 0.2) is 0 Å². The summed E-state index contributed by atoms with van der Waals surface area (Å²) in [5.74, 6) is -0.154. The van der Waals surface area contributed by atoms with Crippen LogP contribution < -0.4 is 5.73 Å². The van der Waals surface area contributed by atoms with Gasteiger partial charge in [-0.3, -0.25) is 0 Å². The molecule has 84 valence electrons. The molecule has 1 rings (SSSR count). The average Bonchev–Trinajstić information content (AvgIpc) is 2.10. The monoisotopic (exact) mass is 209 g/mol. The van der Waals surface area contributed by atoms with Gasteiger partial charge < -0.3 is 5.73 Å². The second-order valence-corrected chi connectivity index (χ2v) is 4.95. The van der Waals surface area contributed by atoms with Gasteiger partial charge >= 0.3 is 0 Å². The van der Waals surface area contributed by atoms with Crippen molar-refractivity contribution in [2.75, 3.05) is 6.54 Å². The number of aryl methyl sites for hydroxylation is 1. The molecule has 0 atom stereocenters. The minimum absolute atomic E-state index is 0.146. The zero-order valence-electron chi connectivity index (χ0n) is 9.81. The molecule has 0 saturated carbocycles. The average molecular weight is 209 g/mol. The van der Waals surface area contributed by atoms with E-state index in [1.807, 2.05) is 13.0 Å². The molecule has 1 nitrogen and oxygen atoms in total. The first-order valence-electron chi connectivity index (χ1n) is 5.40. The van der Waals surface area contributed by atoms with E-state index in [4.69, 9.17) is 5.73 Å². The van der Waals surface area contributed by atoms with Crippen molar-refractivity contribution in [3.05, 3.63) is 35.1 Å². The first kappa shape index (κ1) is 12.2. The molecule has 0 radical (unpaired) electrons. The van der Waals surface area contributed by atoms with Crippen LogP contribution in [0.25, 0.3) is 0 Å². The van der Waals surface area contributed by atoms with Crippen LogP contribution in [0.4, 0.5) is 4.39 Å². The van der Waals surface area contributed by atoms with Crippen LogP contribution in [0.2, 0.25) is 0 Å². The van der Waals surface area contributed by atoms with Crippen molar-refractivity contribution in [1.82, 2.24) is 0 Å². The Hall–Kier alpha value is -0.890. The van der Waals surface area contributed by atoms with Crippen LogP contribution in [0.5, 0.6) is 0 Å². The lowest BCUT2D eigenvalue weighted by Crippen LogP contribution is -2.20. The molecule has 0 heterocycles. The number of halogens is 1. The lowest BCUT2D eigenvalue weighted by molar-refractivity contribution is 0.337. The third kappa shape index (κ3) is 3.63. The molecule has 0 bridgehead atoms. The largest absolute Gasteiger partial charge is 0.330 e. The highest BCUT2D eigenvalue weighted by Gasteiger charge is 2.18. The number of hydrogen-bond acceptors (Lipinski definition) is 1. The predicted molar refractivity (Wildman–Crippen MR) is 62.3 cm³/mol. The van der Waals surface area contributed by atoms with E-state index >= 15 is 0 Å². The summed E-state index contributed by atoms with van der Waals surface area (Å²) in [6.07, 6.45) is 1.84. The van der Waals surface area contributed by atoms with Gasteiger partial charge in [-0.05, 0) is 55.0 Å². The third-order valence-corrected chi connectivity index (χ3v) is 2.80. The Morgan fingerprint density at radius 3 is 2.60 bits per heavy atom. The van der Waals surface area contributed by atoms with Crippen LogP contribution in [-0.4, -0.2) is 6.54 Å². The molecule has 0 saturated heterocycles. The summed E-state index contributed by atoms with van der Waals surface area (Å²) in [7, 11) is 0. The van der Waals surface area contributed by atoms with Crippen LogP contribution in [-0.2, 0) is 6.42 Å². The molecule has 2 N–H and O–H groups in total. The fourth-order valence-corrected chi connectivity index (χ4v) is 1.83. The maximum absolute atomic E-state index is 13.1. The molecule has 0 aliphatic rings. The van der Waals surface area contributed by atoms with E-state index in [0.29, 0.717) is 6.54 Å². The first-order valence-corrected chi connectivity index (χ1v) is 5.40. The van der Waals surface area contributed by atoms with Crippen molar-refractivity contribution in [3.8, 4) is 0 Å². The van der Waals surface area contributed by atoms with Gasteiger partial charge in [0.1, 0.15) is 5.82 Å². The Morgan fingerprint density at radius 1 is 1.33 bits per heavy atom. The topological polar surface area (TPSA) is 26.0 Å². The molecular weight excluding hydrogens is 189 g/mol. The fourth-order valence-electron chi connectivity index (χ4n) is 1.83. The predicted octanol–water partition coefficient (Wildman–Crippen LogP) is 3.05. The normalized spacial score (nSPS) is 11.8. The summed E-state index contributed by atoms with van der Waals surface area (Å²) < 4.78 is 13.1. The van der Waals surface area contributed by atoms with E-state index < -0.39 is 0 Å². The van der Waals surface area contributed by atoms with Crippen LogP contribution in [0.3, 0.4) is 0 Å². The Labute approximate surface area is 91.5 Å². The lowest BCUT2D eigenvalue weighted by Gasteiger charge is -2.24. The highest BCUT2D eigenvalue weighted by Crippen LogP contribution is 2.27. The summed E-state index contributed by atoms with van der Waals surface area (Å²) in [6, 6.07) is 4.98. The molecule has 15 heavy (non-hydrogen) atoms. The summed E-state index contributed by atoms with van der Waals surface area (Å²) in [5, 5.41) is 0. The number of rotatable bonds is 4. The van der Waals surface area contributed by atoms with Crippen LogP contribution in [0, 0.1) is 18.2 Å². The molecule has 1 aromatic rings. The van der Waals surface area contributed by atoms with Gasteiger partial charge in [0.05, 0.1) is 0 Å². The van der Waals surface area contributed by atoms with Gasteiger partial charge in [-0.1, -0.05) is 19.9 Å². The van der Waals surface area contributed by atoms with Crippen molar-refractivity contribution in [2.24, 2.45) is 11.1 Å². The summed E-state index contributed by atoms with van der Waals surface area (Å²) >= 11 is 0. The Balaban J connectivity index is 2.83. The molecule has 0 amide bonds. The van der Waals surface area contributed by atoms with Gasteiger partial charge in [-0.25, -0.2) is 4.39 Å². The molecule has 0 aliphatic heterocycles. The van der Waals surface area contributed by atoms with Crippen molar-refractivity contribution in [3.63, 3.8) is 0 Å². The lowest BCUT2D eigenvalue weighted by atomic mass is 9.81. The van der Waals surface area contributed by atoms with Crippen LogP contribution >= 0.6 is 0 Å². The summed E-state index contributed by atoms with van der Waals surface area (Å²) in [4.78, 5) is 0. The molecule has 0 aliphatic carbocycles. The highest BCUT2D eigenvalue weighted by molar-refractivity contribution is 5.27. The van der Waals surface area contributed by atoms with Crippen molar-refractivity contribution >= 4 is 0 Å². The van der Waals surface area contributed by atoms with Gasteiger partial charge in [0.2, 0.25) is 0 Å². The molecule has 0 unspecified atom stereocenters. The molecule has 0 fully saturated rings. The van der Waals surface area contributed by atoms with E-state index in [1.54, 1.807) is 6.07 Å². The van der Waals surface area contributed by atoms with Gasteiger partial charge in [0.25, 0.3) is 0 Å². The Kier molecular flexibility index (Phi) is 3.86. The van der Waals surface area contributed by atoms with E-state index in [2.05, 4.69) is 13.8 Å². The van der Waals surface area contributed by atoms with Crippen LogP contribution in [0.1, 0.15) is 31.4 Å². The van der Waals surface area contributed by atoms with Gasteiger partial charge in [-0.2, -0.15) is 0 Å². The van der Waals surface area contributed by atoms with E-state index in [0.717, 1.165) is 24.0 Å². The van der Waals surface area contributed by atoms with Crippen molar-refractivity contribution in [1.29, 1.82) is 0 Å². The van der Waals surface area contributed by atoms with Crippen LogP contribution in [0.15, 0.2) is 18.2 Å².